The molecule has 1 aliphatic carbocycles. The van der Waals surface area contributed by atoms with Gasteiger partial charge in [-0.1, -0.05) is 11.8 Å². The zero-order valence-corrected chi connectivity index (χ0v) is 14.9. The molecule has 2 aromatic rings. The Labute approximate surface area is 151 Å². The van der Waals surface area contributed by atoms with Gasteiger partial charge < -0.3 is 10.1 Å². The Balaban J connectivity index is 1.64. The maximum Gasteiger partial charge on any atom is 0.234 e. The Morgan fingerprint density at radius 3 is 2.80 bits per heavy atom. The quantitative estimate of drug-likeness (QED) is 0.832. The number of hydrogen-bond donors (Lipinski definition) is 1. The first-order valence-electron chi connectivity index (χ1n) is 8.19. The van der Waals surface area contributed by atoms with Crippen molar-refractivity contribution >= 4 is 23.4 Å². The summed E-state index contributed by atoms with van der Waals surface area (Å²) in [5.74, 6) is 0.829. The lowest BCUT2D eigenvalue weighted by Crippen LogP contribution is -2.14. The minimum absolute atomic E-state index is 0.126. The summed E-state index contributed by atoms with van der Waals surface area (Å²) in [6.07, 6.45) is 4.22. The number of carbonyl (C=O) groups is 1. The molecule has 1 amide bonds. The van der Waals surface area contributed by atoms with Crippen molar-refractivity contribution in [3.63, 3.8) is 0 Å². The molecule has 0 spiro atoms. The number of nitrogens with zero attached hydrogens (tertiary/aromatic N) is 2. The van der Waals surface area contributed by atoms with Crippen LogP contribution in [0.2, 0.25) is 0 Å². The topological polar surface area (TPSA) is 75.0 Å². The molecule has 3 rings (SSSR count). The molecule has 0 saturated heterocycles. The second-order valence-electron chi connectivity index (χ2n) is 5.83. The lowest BCUT2D eigenvalue weighted by atomic mass is 9.95. The number of methoxy groups -OCH3 is 1. The molecule has 6 heteroatoms. The molecule has 0 unspecified atom stereocenters. The van der Waals surface area contributed by atoms with Crippen molar-refractivity contribution in [2.75, 3.05) is 18.2 Å². The van der Waals surface area contributed by atoms with Crippen LogP contribution in [0.5, 0.6) is 5.75 Å². The largest absolute Gasteiger partial charge is 0.497 e. The van der Waals surface area contributed by atoms with Crippen LogP contribution in [0, 0.1) is 11.3 Å². The number of benzene rings is 1. The molecule has 0 aliphatic heterocycles. The Kier molecular flexibility index (Phi) is 5.56. The van der Waals surface area contributed by atoms with E-state index in [0.717, 1.165) is 37.1 Å². The van der Waals surface area contributed by atoms with Crippen molar-refractivity contribution in [1.29, 1.82) is 5.26 Å². The average molecular weight is 353 g/mol. The van der Waals surface area contributed by atoms with Crippen molar-refractivity contribution in [1.82, 2.24) is 4.98 Å². The van der Waals surface area contributed by atoms with Gasteiger partial charge in [0.25, 0.3) is 0 Å². The normalized spacial score (nSPS) is 12.8. The number of hydrogen-bond acceptors (Lipinski definition) is 5. The number of aryl methyl sites for hydroxylation is 2. The Morgan fingerprint density at radius 2 is 2.08 bits per heavy atom. The highest BCUT2D eigenvalue weighted by Gasteiger charge is 2.16. The van der Waals surface area contributed by atoms with E-state index in [1.54, 1.807) is 31.4 Å². The number of thioether (sulfide) groups is 1. The third-order valence-corrected chi connectivity index (χ3v) is 5.09. The fourth-order valence-electron chi connectivity index (χ4n) is 2.81. The van der Waals surface area contributed by atoms with Crippen molar-refractivity contribution in [2.24, 2.45) is 0 Å². The van der Waals surface area contributed by atoms with Crippen molar-refractivity contribution in [3.8, 4) is 11.8 Å². The van der Waals surface area contributed by atoms with E-state index in [2.05, 4.69) is 16.4 Å². The molecule has 128 valence electrons. The molecule has 0 bridgehead atoms. The highest BCUT2D eigenvalue weighted by Crippen LogP contribution is 2.27. The number of fused-ring (bicyclic) bond motifs is 1. The highest BCUT2D eigenvalue weighted by molar-refractivity contribution is 8.00. The van der Waals surface area contributed by atoms with E-state index in [-0.39, 0.29) is 11.7 Å². The Hall–Kier alpha value is -2.52. The third-order valence-electron chi connectivity index (χ3n) is 4.10. The van der Waals surface area contributed by atoms with E-state index in [1.165, 1.54) is 17.3 Å². The predicted molar refractivity (Wildman–Crippen MR) is 97.9 cm³/mol. The van der Waals surface area contributed by atoms with Crippen LogP contribution in [-0.2, 0) is 17.6 Å². The van der Waals surface area contributed by atoms with Gasteiger partial charge in [-0.05, 0) is 61.6 Å². The van der Waals surface area contributed by atoms with Crippen LogP contribution in [0.4, 0.5) is 5.69 Å². The van der Waals surface area contributed by atoms with E-state index < -0.39 is 0 Å². The number of nitriles is 1. The van der Waals surface area contributed by atoms with E-state index in [4.69, 9.17) is 4.74 Å². The molecular formula is C19H19N3O2S. The van der Waals surface area contributed by atoms with Gasteiger partial charge in [0.15, 0.2) is 0 Å². The summed E-state index contributed by atoms with van der Waals surface area (Å²) in [4.78, 5) is 16.8. The number of nitrogens with one attached hydrogen (secondary N) is 1. The number of rotatable bonds is 5. The molecule has 25 heavy (non-hydrogen) atoms. The number of pyridine rings is 1. The average Bonchev–Trinajstić information content (AvgIpc) is 2.66. The van der Waals surface area contributed by atoms with Crippen molar-refractivity contribution in [2.45, 2.75) is 30.7 Å². The fourth-order valence-corrected chi connectivity index (χ4v) is 3.58. The number of aromatic nitrogens is 1. The van der Waals surface area contributed by atoms with E-state index in [9.17, 15) is 10.1 Å². The van der Waals surface area contributed by atoms with Crippen LogP contribution in [0.25, 0.3) is 0 Å². The van der Waals surface area contributed by atoms with Gasteiger partial charge in [-0.25, -0.2) is 4.98 Å². The van der Waals surface area contributed by atoms with Gasteiger partial charge >= 0.3 is 0 Å². The van der Waals surface area contributed by atoms with Gasteiger partial charge in [0, 0.05) is 11.4 Å². The minimum atomic E-state index is -0.126. The zero-order chi connectivity index (χ0) is 17.6. The zero-order valence-electron chi connectivity index (χ0n) is 14.0. The third kappa shape index (κ3) is 4.31. The molecule has 0 radical (unpaired) electrons. The number of amides is 1. The van der Waals surface area contributed by atoms with Gasteiger partial charge in [-0.2, -0.15) is 5.26 Å². The lowest BCUT2D eigenvalue weighted by Gasteiger charge is -2.16. The maximum atomic E-state index is 12.2. The van der Waals surface area contributed by atoms with E-state index >= 15 is 0 Å². The summed E-state index contributed by atoms with van der Waals surface area (Å²) in [5, 5.41) is 12.8. The van der Waals surface area contributed by atoms with Crippen LogP contribution in [0.3, 0.4) is 0 Å². The summed E-state index contributed by atoms with van der Waals surface area (Å²) in [6, 6.07) is 11.3. The molecule has 1 aromatic heterocycles. The van der Waals surface area contributed by atoms with Gasteiger partial charge in [0.1, 0.15) is 16.8 Å². The van der Waals surface area contributed by atoms with Gasteiger partial charge in [-0.3, -0.25) is 4.79 Å². The predicted octanol–water partition coefficient (Wildman–Crippen LogP) is 3.57. The smallest absolute Gasteiger partial charge is 0.234 e. The summed E-state index contributed by atoms with van der Waals surface area (Å²) >= 11 is 1.31. The van der Waals surface area contributed by atoms with Gasteiger partial charge in [0.05, 0.1) is 18.4 Å². The number of ether oxygens (including phenoxy) is 1. The van der Waals surface area contributed by atoms with Crippen molar-refractivity contribution in [3.05, 3.63) is 47.2 Å². The minimum Gasteiger partial charge on any atom is -0.497 e. The van der Waals surface area contributed by atoms with Crippen LogP contribution >= 0.6 is 11.8 Å². The molecule has 0 saturated carbocycles. The maximum absolute atomic E-state index is 12.2. The first-order valence-corrected chi connectivity index (χ1v) is 9.18. The fraction of sp³-hybridized carbons (Fsp3) is 0.316. The van der Waals surface area contributed by atoms with Gasteiger partial charge in [-0.15, -0.1) is 0 Å². The lowest BCUT2D eigenvalue weighted by molar-refractivity contribution is -0.113. The summed E-state index contributed by atoms with van der Waals surface area (Å²) in [7, 11) is 1.60. The van der Waals surface area contributed by atoms with E-state index in [1.807, 2.05) is 6.07 Å². The molecule has 1 aromatic carbocycles. The second kappa shape index (κ2) is 8.04. The first-order chi connectivity index (χ1) is 12.2. The monoisotopic (exact) mass is 353 g/mol. The van der Waals surface area contributed by atoms with Crippen LogP contribution < -0.4 is 10.1 Å². The summed E-state index contributed by atoms with van der Waals surface area (Å²) in [5.41, 5.74) is 3.52. The molecule has 1 aliphatic rings. The standard InChI is InChI=1S/C19H19N3O2S/c1-24-16-8-6-15(7-9-16)21-18(23)12-25-19-14(11-20)10-13-4-2-3-5-17(13)22-19/h6-10H,2-5,12H2,1H3,(H,21,23). The van der Waals surface area contributed by atoms with Crippen LogP contribution in [0.15, 0.2) is 35.4 Å². The number of anilines is 1. The SMILES string of the molecule is COc1ccc(NC(=O)CSc2nc3c(cc2C#N)CCCC3)cc1. The summed E-state index contributed by atoms with van der Waals surface area (Å²) in [6.45, 7) is 0. The molecule has 0 atom stereocenters. The van der Waals surface area contributed by atoms with Gasteiger partial charge in [0.2, 0.25) is 5.91 Å². The first kappa shape index (κ1) is 17.3. The second-order valence-corrected chi connectivity index (χ2v) is 6.80. The molecule has 5 nitrogen and oxygen atoms in total. The van der Waals surface area contributed by atoms with Crippen LogP contribution in [-0.4, -0.2) is 23.8 Å². The Bertz CT molecular complexity index is 813. The van der Waals surface area contributed by atoms with Crippen LogP contribution in [0.1, 0.15) is 29.7 Å². The molecular weight excluding hydrogens is 334 g/mol. The molecule has 1 heterocycles. The van der Waals surface area contributed by atoms with Crippen molar-refractivity contribution < 1.29 is 9.53 Å². The number of carbonyl (C=O) groups excluding carboxylic acids is 1. The summed E-state index contributed by atoms with van der Waals surface area (Å²) < 4.78 is 5.09. The van der Waals surface area contributed by atoms with E-state index in [0.29, 0.717) is 16.3 Å². The highest BCUT2D eigenvalue weighted by atomic mass is 32.2. The Morgan fingerprint density at radius 1 is 1.32 bits per heavy atom. The molecule has 0 fully saturated rings. The molecule has 1 N–H and O–H groups in total.